The van der Waals surface area contributed by atoms with Gasteiger partial charge in [-0.05, 0) is 12.1 Å². The van der Waals surface area contributed by atoms with Crippen molar-refractivity contribution in [2.45, 2.75) is 6.61 Å². The van der Waals surface area contributed by atoms with E-state index in [1.807, 2.05) is 0 Å². The van der Waals surface area contributed by atoms with E-state index >= 15 is 0 Å². The highest BCUT2D eigenvalue weighted by atomic mass is 35.5. The van der Waals surface area contributed by atoms with Gasteiger partial charge in [-0.25, -0.2) is 4.39 Å². The van der Waals surface area contributed by atoms with Crippen molar-refractivity contribution in [2.75, 3.05) is 39.3 Å². The van der Waals surface area contributed by atoms with E-state index in [1.54, 1.807) is 12.1 Å². The Morgan fingerprint density at radius 3 is 2.83 bits per heavy atom. The van der Waals surface area contributed by atoms with Gasteiger partial charge in [0.15, 0.2) is 0 Å². The second-order valence-corrected chi connectivity index (χ2v) is 4.82. The second-order valence-electron chi connectivity index (χ2n) is 4.38. The van der Waals surface area contributed by atoms with Crippen molar-refractivity contribution in [3.63, 3.8) is 0 Å². The summed E-state index contributed by atoms with van der Waals surface area (Å²) in [6, 6.07) is 4.67. The van der Waals surface area contributed by atoms with Gasteiger partial charge < -0.3 is 10.1 Å². The summed E-state index contributed by atoms with van der Waals surface area (Å²) in [6.45, 7) is 6.00. The first-order chi connectivity index (χ1) is 8.75. The molecule has 0 bridgehead atoms. The van der Waals surface area contributed by atoms with Crippen LogP contribution in [0.5, 0.6) is 0 Å². The van der Waals surface area contributed by atoms with Gasteiger partial charge in [0.2, 0.25) is 0 Å². The van der Waals surface area contributed by atoms with E-state index in [9.17, 15) is 4.39 Å². The van der Waals surface area contributed by atoms with Crippen LogP contribution in [-0.2, 0) is 11.3 Å². The number of nitrogens with zero attached hydrogens (tertiary/aromatic N) is 1. The Morgan fingerprint density at radius 1 is 1.33 bits per heavy atom. The second kappa shape index (κ2) is 7.04. The minimum Gasteiger partial charge on any atom is -0.375 e. The van der Waals surface area contributed by atoms with Crippen molar-refractivity contribution in [2.24, 2.45) is 0 Å². The van der Waals surface area contributed by atoms with Crippen LogP contribution < -0.4 is 5.32 Å². The van der Waals surface area contributed by atoms with Crippen molar-refractivity contribution in [1.29, 1.82) is 0 Å². The van der Waals surface area contributed by atoms with Crippen LogP contribution in [0.25, 0.3) is 0 Å². The van der Waals surface area contributed by atoms with E-state index in [4.69, 9.17) is 16.3 Å². The molecule has 0 spiro atoms. The number of rotatable bonds is 5. The fourth-order valence-electron chi connectivity index (χ4n) is 1.95. The fourth-order valence-corrected chi connectivity index (χ4v) is 2.11. The van der Waals surface area contributed by atoms with Crippen molar-refractivity contribution >= 4 is 11.6 Å². The number of hydrogen-bond donors (Lipinski definition) is 1. The average molecular weight is 273 g/mol. The fraction of sp³-hybridized carbons (Fsp3) is 0.538. The standard InChI is InChI=1S/C13H18ClFN2O/c14-12-2-1-11(13(15)9-12)10-18-8-7-17-5-3-16-4-6-17/h1-2,9,16H,3-8,10H2. The summed E-state index contributed by atoms with van der Waals surface area (Å²) in [6.07, 6.45) is 0. The van der Waals surface area contributed by atoms with Crippen molar-refractivity contribution in [3.8, 4) is 0 Å². The molecule has 18 heavy (non-hydrogen) atoms. The van der Waals surface area contributed by atoms with Gasteiger partial charge in [0.05, 0.1) is 13.2 Å². The van der Waals surface area contributed by atoms with Crippen molar-refractivity contribution in [3.05, 3.63) is 34.6 Å². The maximum atomic E-state index is 13.4. The third-order valence-corrected chi connectivity index (χ3v) is 3.27. The van der Waals surface area contributed by atoms with Crippen LogP contribution in [0.4, 0.5) is 4.39 Å². The molecule has 100 valence electrons. The molecular formula is C13H18ClFN2O. The highest BCUT2D eigenvalue weighted by molar-refractivity contribution is 6.30. The summed E-state index contributed by atoms with van der Waals surface area (Å²) < 4.78 is 18.9. The summed E-state index contributed by atoms with van der Waals surface area (Å²) in [5.74, 6) is -0.301. The molecule has 2 rings (SSSR count). The molecule has 0 saturated carbocycles. The lowest BCUT2D eigenvalue weighted by molar-refractivity contribution is 0.0870. The van der Waals surface area contributed by atoms with Crippen LogP contribution in [0.1, 0.15) is 5.56 Å². The Bertz CT molecular complexity index is 383. The monoisotopic (exact) mass is 272 g/mol. The summed E-state index contributed by atoms with van der Waals surface area (Å²) in [5.41, 5.74) is 0.555. The number of nitrogens with one attached hydrogen (secondary N) is 1. The summed E-state index contributed by atoms with van der Waals surface area (Å²) in [7, 11) is 0. The first kappa shape index (κ1) is 13.7. The van der Waals surface area contributed by atoms with Crippen LogP contribution in [0.15, 0.2) is 18.2 Å². The van der Waals surface area contributed by atoms with Crippen molar-refractivity contribution < 1.29 is 9.13 Å². The molecule has 5 heteroatoms. The van der Waals surface area contributed by atoms with Crippen LogP contribution in [0.3, 0.4) is 0 Å². The minimum absolute atomic E-state index is 0.301. The van der Waals surface area contributed by atoms with Gasteiger partial charge in [-0.3, -0.25) is 4.90 Å². The zero-order chi connectivity index (χ0) is 12.8. The van der Waals surface area contributed by atoms with Gasteiger partial charge in [-0.15, -0.1) is 0 Å². The maximum Gasteiger partial charge on any atom is 0.130 e. The van der Waals surface area contributed by atoms with Crippen LogP contribution in [0.2, 0.25) is 5.02 Å². The topological polar surface area (TPSA) is 24.5 Å². The van der Waals surface area contributed by atoms with E-state index in [0.717, 1.165) is 32.7 Å². The number of piperazine rings is 1. The number of ether oxygens (including phenoxy) is 1. The predicted octanol–water partition coefficient (Wildman–Crippen LogP) is 1.90. The van der Waals surface area contributed by atoms with Gasteiger partial charge in [0, 0.05) is 43.3 Å². The zero-order valence-corrected chi connectivity index (χ0v) is 11.0. The molecule has 1 aromatic rings. The quantitative estimate of drug-likeness (QED) is 0.829. The molecule has 1 fully saturated rings. The highest BCUT2D eigenvalue weighted by Gasteiger charge is 2.09. The molecule has 1 heterocycles. The Morgan fingerprint density at radius 2 is 2.11 bits per heavy atom. The van der Waals surface area contributed by atoms with Gasteiger partial charge in [-0.2, -0.15) is 0 Å². The summed E-state index contributed by atoms with van der Waals surface area (Å²) >= 11 is 5.69. The number of benzene rings is 1. The molecule has 1 aliphatic rings. The molecule has 3 nitrogen and oxygen atoms in total. The first-order valence-electron chi connectivity index (χ1n) is 6.20. The molecule has 1 saturated heterocycles. The van der Waals surface area contributed by atoms with Gasteiger partial charge in [0.25, 0.3) is 0 Å². The Balaban J connectivity index is 1.68. The lowest BCUT2D eigenvalue weighted by atomic mass is 10.2. The molecule has 1 aromatic carbocycles. The zero-order valence-electron chi connectivity index (χ0n) is 10.3. The number of hydrogen-bond acceptors (Lipinski definition) is 3. The molecule has 0 amide bonds. The van der Waals surface area contributed by atoms with Crippen LogP contribution >= 0.6 is 11.6 Å². The molecule has 0 atom stereocenters. The van der Waals surface area contributed by atoms with Crippen molar-refractivity contribution in [1.82, 2.24) is 10.2 Å². The van der Waals surface area contributed by atoms with E-state index < -0.39 is 0 Å². The summed E-state index contributed by atoms with van der Waals surface area (Å²) in [4.78, 5) is 2.34. The minimum atomic E-state index is -0.301. The summed E-state index contributed by atoms with van der Waals surface area (Å²) in [5, 5.41) is 3.71. The van der Waals surface area contributed by atoms with Crippen LogP contribution in [-0.4, -0.2) is 44.2 Å². The van der Waals surface area contributed by atoms with Gasteiger partial charge in [0.1, 0.15) is 5.82 Å². The highest BCUT2D eigenvalue weighted by Crippen LogP contribution is 2.15. The molecule has 0 aromatic heterocycles. The van der Waals surface area contributed by atoms with Gasteiger partial charge >= 0.3 is 0 Å². The normalized spacial score (nSPS) is 17.0. The van der Waals surface area contributed by atoms with E-state index in [1.165, 1.54) is 6.07 Å². The van der Waals surface area contributed by atoms with Crippen LogP contribution in [0, 0.1) is 5.82 Å². The maximum absolute atomic E-state index is 13.4. The first-order valence-corrected chi connectivity index (χ1v) is 6.58. The molecule has 0 aliphatic carbocycles. The Hall–Kier alpha value is -0.680. The largest absolute Gasteiger partial charge is 0.375 e. The van der Waals surface area contributed by atoms with E-state index in [2.05, 4.69) is 10.2 Å². The Kier molecular flexibility index (Phi) is 5.38. The predicted molar refractivity (Wildman–Crippen MR) is 70.4 cm³/mol. The van der Waals surface area contributed by atoms with E-state index in [0.29, 0.717) is 23.8 Å². The lowest BCUT2D eigenvalue weighted by Gasteiger charge is -2.26. The molecule has 0 unspecified atom stereocenters. The third kappa shape index (κ3) is 4.21. The SMILES string of the molecule is Fc1cc(Cl)ccc1COCCN1CCNCC1. The number of halogens is 2. The average Bonchev–Trinajstić information content (AvgIpc) is 2.38. The molecule has 0 radical (unpaired) electrons. The molecule has 1 aliphatic heterocycles. The molecular weight excluding hydrogens is 255 g/mol. The van der Waals surface area contributed by atoms with E-state index in [-0.39, 0.29) is 5.82 Å². The lowest BCUT2D eigenvalue weighted by Crippen LogP contribution is -2.44. The Labute approximate surface area is 112 Å². The third-order valence-electron chi connectivity index (χ3n) is 3.03. The smallest absolute Gasteiger partial charge is 0.130 e. The molecule has 1 N–H and O–H groups in total. The van der Waals surface area contributed by atoms with Gasteiger partial charge in [-0.1, -0.05) is 17.7 Å².